The Morgan fingerprint density at radius 1 is 1.35 bits per heavy atom. The first-order valence-electron chi connectivity index (χ1n) is 14.0. The van der Waals surface area contributed by atoms with Crippen molar-refractivity contribution in [1.29, 1.82) is 0 Å². The maximum absolute atomic E-state index is 12.9. The summed E-state index contributed by atoms with van der Waals surface area (Å²) in [7, 11) is 0. The highest BCUT2D eigenvalue weighted by molar-refractivity contribution is 7.15. The fraction of sp³-hybridized carbons (Fsp3) is 0.600. The number of anilines is 1. The molecule has 4 aliphatic carbocycles. The van der Waals surface area contributed by atoms with Crippen molar-refractivity contribution in [2.24, 2.45) is 29.1 Å². The fourth-order valence-electron chi connectivity index (χ4n) is 8.24. The first-order chi connectivity index (χ1) is 17.9. The van der Waals surface area contributed by atoms with Crippen LogP contribution in [-0.2, 0) is 11.3 Å². The third-order valence-corrected chi connectivity index (χ3v) is 10.6. The number of thiazole rings is 1. The summed E-state index contributed by atoms with van der Waals surface area (Å²) < 4.78 is 5.63. The van der Waals surface area contributed by atoms with Crippen molar-refractivity contribution in [2.45, 2.75) is 83.9 Å². The van der Waals surface area contributed by atoms with Crippen LogP contribution in [0.3, 0.4) is 0 Å². The van der Waals surface area contributed by atoms with Crippen molar-refractivity contribution >= 4 is 22.4 Å². The number of amides is 1. The lowest BCUT2D eigenvalue weighted by molar-refractivity contribution is -0.116. The summed E-state index contributed by atoms with van der Waals surface area (Å²) in [6.07, 6.45) is 15.7. The van der Waals surface area contributed by atoms with Gasteiger partial charge in [-0.05, 0) is 104 Å². The van der Waals surface area contributed by atoms with Crippen LogP contribution in [0.5, 0.6) is 0 Å². The first kappa shape index (κ1) is 25.1. The van der Waals surface area contributed by atoms with E-state index in [1.165, 1.54) is 41.7 Å². The normalized spacial score (nSPS) is 34.7. The van der Waals surface area contributed by atoms with Gasteiger partial charge in [0.2, 0.25) is 5.91 Å². The third-order valence-electron chi connectivity index (χ3n) is 9.78. The van der Waals surface area contributed by atoms with Gasteiger partial charge in [-0.3, -0.25) is 4.79 Å². The number of nitrogens with one attached hydrogen (secondary N) is 2. The molecule has 5 unspecified atom stereocenters. The highest BCUT2D eigenvalue weighted by atomic mass is 32.1. The number of allylic oxidation sites excluding steroid dienone is 2. The number of furan rings is 1. The second kappa shape index (κ2) is 10.2. The number of aryl methyl sites for hydroxylation is 1. The van der Waals surface area contributed by atoms with Crippen LogP contribution >= 0.6 is 11.3 Å². The van der Waals surface area contributed by atoms with Gasteiger partial charge in [0, 0.05) is 23.5 Å². The number of hydrogen-bond donors (Lipinski definition) is 3. The molecule has 2 heterocycles. The standard InChI is InChI=1S/C30H39N3O3S/c1-18-16-32-29(37-18)33-27(35)10-6-20-15-26(31-17-22-4-3-13-36-22)30(2)12-11-24-23-9-7-21(34)14-19(23)5-8-25(24)28(20)30/h3-4,9,13-14,16,20-21,24-26,28,31,34H,5-8,10-12,15,17H2,1-2H3,(H,32,33,35)/t20?,21?,24?,25?,26-,28?,30+/m0/s1. The maximum Gasteiger partial charge on any atom is 0.226 e. The molecule has 1 amide bonds. The smallest absolute Gasteiger partial charge is 0.226 e. The molecule has 198 valence electrons. The molecule has 0 bridgehead atoms. The van der Waals surface area contributed by atoms with Gasteiger partial charge in [-0.25, -0.2) is 4.98 Å². The van der Waals surface area contributed by atoms with Crippen LogP contribution < -0.4 is 10.6 Å². The minimum absolute atomic E-state index is 0.0771. The average molecular weight is 522 g/mol. The summed E-state index contributed by atoms with van der Waals surface area (Å²) in [4.78, 5) is 18.3. The van der Waals surface area contributed by atoms with Crippen LogP contribution in [0.1, 0.15) is 68.9 Å². The largest absolute Gasteiger partial charge is 0.468 e. The minimum atomic E-state index is -0.321. The Morgan fingerprint density at radius 2 is 2.24 bits per heavy atom. The Bertz CT molecular complexity index is 1180. The predicted molar refractivity (Wildman–Crippen MR) is 146 cm³/mol. The number of aromatic nitrogens is 1. The molecule has 37 heavy (non-hydrogen) atoms. The SMILES string of the molecule is Cc1cnc(NC(=O)CCC2C[C@H](NCc3ccco3)[C@@]3(C)CCC4C5=CCC(O)C=C5CCC4C23)s1. The zero-order valence-electron chi connectivity index (χ0n) is 21.9. The van der Waals surface area contributed by atoms with E-state index in [-0.39, 0.29) is 17.4 Å². The molecule has 3 fully saturated rings. The van der Waals surface area contributed by atoms with E-state index < -0.39 is 0 Å². The third kappa shape index (κ3) is 4.86. The number of hydrogen-bond acceptors (Lipinski definition) is 6. The zero-order chi connectivity index (χ0) is 25.6. The molecule has 0 aromatic carbocycles. The number of aliphatic hydroxyl groups excluding tert-OH is 1. The fourth-order valence-corrected chi connectivity index (χ4v) is 8.92. The van der Waals surface area contributed by atoms with Crippen molar-refractivity contribution in [3.8, 4) is 0 Å². The Morgan fingerprint density at radius 3 is 3.03 bits per heavy atom. The summed E-state index contributed by atoms with van der Waals surface area (Å²) in [5.41, 5.74) is 3.12. The molecule has 0 radical (unpaired) electrons. The molecule has 7 atom stereocenters. The second-order valence-corrected chi connectivity index (χ2v) is 13.1. The van der Waals surface area contributed by atoms with Gasteiger partial charge < -0.3 is 20.2 Å². The number of fused-ring (bicyclic) bond motifs is 5. The van der Waals surface area contributed by atoms with Gasteiger partial charge in [0.05, 0.1) is 18.9 Å². The molecular weight excluding hydrogens is 482 g/mol. The lowest BCUT2D eigenvalue weighted by atomic mass is 9.52. The second-order valence-electron chi connectivity index (χ2n) is 11.9. The number of nitrogens with zero attached hydrogens (tertiary/aromatic N) is 1. The Labute approximate surface area is 223 Å². The molecule has 0 spiro atoms. The van der Waals surface area contributed by atoms with E-state index in [1.54, 1.807) is 6.26 Å². The highest BCUT2D eigenvalue weighted by Gasteiger charge is 2.58. The topological polar surface area (TPSA) is 87.4 Å². The first-order valence-corrected chi connectivity index (χ1v) is 14.8. The molecule has 6 nitrogen and oxygen atoms in total. The van der Waals surface area contributed by atoms with E-state index >= 15 is 0 Å². The maximum atomic E-state index is 12.9. The molecule has 0 aliphatic heterocycles. The van der Waals surface area contributed by atoms with Gasteiger partial charge in [-0.15, -0.1) is 11.3 Å². The van der Waals surface area contributed by atoms with E-state index in [0.717, 1.165) is 42.9 Å². The Balaban J connectivity index is 1.21. The Hall–Kier alpha value is -2.22. The van der Waals surface area contributed by atoms with Crippen molar-refractivity contribution in [1.82, 2.24) is 10.3 Å². The van der Waals surface area contributed by atoms with Crippen LogP contribution in [-0.4, -0.2) is 28.1 Å². The zero-order valence-corrected chi connectivity index (χ0v) is 22.7. The van der Waals surface area contributed by atoms with Crippen LogP contribution in [0.2, 0.25) is 0 Å². The van der Waals surface area contributed by atoms with E-state index in [1.807, 2.05) is 25.3 Å². The van der Waals surface area contributed by atoms with Gasteiger partial charge in [-0.1, -0.05) is 19.1 Å². The Kier molecular flexibility index (Phi) is 6.88. The van der Waals surface area contributed by atoms with E-state index in [2.05, 4.69) is 34.7 Å². The molecule has 2 aromatic heterocycles. The van der Waals surface area contributed by atoms with Gasteiger partial charge in [0.15, 0.2) is 5.13 Å². The average Bonchev–Trinajstić information content (AvgIpc) is 3.60. The summed E-state index contributed by atoms with van der Waals surface area (Å²) >= 11 is 1.53. The molecule has 3 N–H and O–H groups in total. The monoisotopic (exact) mass is 521 g/mol. The number of carbonyl (C=O) groups excluding carboxylic acids is 1. The quantitative estimate of drug-likeness (QED) is 0.416. The highest BCUT2D eigenvalue weighted by Crippen LogP contribution is 2.63. The summed E-state index contributed by atoms with van der Waals surface area (Å²) in [5.74, 6) is 3.38. The van der Waals surface area contributed by atoms with Crippen LogP contribution in [0, 0.1) is 36.0 Å². The van der Waals surface area contributed by atoms with E-state index in [0.29, 0.717) is 41.3 Å². The summed E-state index contributed by atoms with van der Waals surface area (Å²) in [6.45, 7) is 5.27. The summed E-state index contributed by atoms with van der Waals surface area (Å²) in [6, 6.07) is 4.41. The van der Waals surface area contributed by atoms with Crippen LogP contribution in [0.4, 0.5) is 5.13 Å². The van der Waals surface area contributed by atoms with Crippen LogP contribution in [0.15, 0.2) is 52.3 Å². The summed E-state index contributed by atoms with van der Waals surface area (Å²) in [5, 5.41) is 17.8. The van der Waals surface area contributed by atoms with Crippen molar-refractivity contribution in [3.05, 3.63) is 58.5 Å². The molecule has 0 saturated heterocycles. The van der Waals surface area contributed by atoms with Crippen molar-refractivity contribution < 1.29 is 14.3 Å². The molecular formula is C30H39N3O3S. The van der Waals surface area contributed by atoms with E-state index in [4.69, 9.17) is 4.42 Å². The van der Waals surface area contributed by atoms with Crippen molar-refractivity contribution in [2.75, 3.05) is 5.32 Å². The molecule has 3 saturated carbocycles. The van der Waals surface area contributed by atoms with Gasteiger partial charge in [0.1, 0.15) is 5.76 Å². The predicted octanol–water partition coefficient (Wildman–Crippen LogP) is 6.00. The van der Waals surface area contributed by atoms with Gasteiger partial charge in [-0.2, -0.15) is 0 Å². The molecule has 2 aromatic rings. The molecule has 7 heteroatoms. The number of aliphatic hydroxyl groups is 1. The molecule has 6 rings (SSSR count). The van der Waals surface area contributed by atoms with Crippen molar-refractivity contribution in [3.63, 3.8) is 0 Å². The number of carbonyl (C=O) groups is 1. The van der Waals surface area contributed by atoms with Gasteiger partial charge >= 0.3 is 0 Å². The van der Waals surface area contributed by atoms with Crippen LogP contribution in [0.25, 0.3) is 0 Å². The minimum Gasteiger partial charge on any atom is -0.468 e. The lowest BCUT2D eigenvalue weighted by Gasteiger charge is -2.53. The van der Waals surface area contributed by atoms with Gasteiger partial charge in [0.25, 0.3) is 0 Å². The number of rotatable bonds is 7. The van der Waals surface area contributed by atoms with E-state index in [9.17, 15) is 9.90 Å². The lowest BCUT2D eigenvalue weighted by Crippen LogP contribution is -2.50. The molecule has 4 aliphatic rings.